The number of phenols is 1. The number of nitrogens with one attached hydrogen (secondary N) is 2. The third-order valence-electron chi connectivity index (χ3n) is 3.86. The molecule has 0 radical (unpaired) electrons. The minimum absolute atomic E-state index is 0.0426. The maximum absolute atomic E-state index is 12.6. The predicted molar refractivity (Wildman–Crippen MR) is 98.9 cm³/mol. The smallest absolute Gasteiger partial charge is 0.266 e. The Morgan fingerprint density at radius 2 is 1.80 bits per heavy atom. The van der Waals surface area contributed by atoms with Crippen LogP contribution in [0.2, 0.25) is 0 Å². The van der Waals surface area contributed by atoms with Gasteiger partial charge in [0.25, 0.3) is 15.6 Å². The Kier molecular flexibility index (Phi) is 3.52. The number of hydrogen-bond acceptors (Lipinski definition) is 5. The second-order valence-electron chi connectivity index (χ2n) is 5.42. The average Bonchev–Trinajstić information content (AvgIpc) is 3.09. The predicted octanol–water partition coefficient (Wildman–Crippen LogP) is 3.25. The molecule has 0 unspecified atom stereocenters. The lowest BCUT2D eigenvalue weighted by molar-refractivity contribution is 0.478. The van der Waals surface area contributed by atoms with Crippen LogP contribution in [0.5, 0.6) is 5.75 Å². The van der Waals surface area contributed by atoms with Crippen LogP contribution in [0.1, 0.15) is 0 Å². The number of pyridine rings is 1. The third kappa shape index (κ3) is 2.55. The number of sulfonamides is 1. The Hall–Kier alpha value is -2.84. The van der Waals surface area contributed by atoms with Crippen molar-refractivity contribution in [3.63, 3.8) is 0 Å². The van der Waals surface area contributed by atoms with Crippen LogP contribution >= 0.6 is 11.3 Å². The van der Waals surface area contributed by atoms with Gasteiger partial charge in [-0.1, -0.05) is 18.2 Å². The molecule has 4 aromatic rings. The fourth-order valence-electron chi connectivity index (χ4n) is 2.73. The van der Waals surface area contributed by atoms with E-state index in [1.54, 1.807) is 35.7 Å². The Morgan fingerprint density at radius 3 is 2.56 bits per heavy atom. The van der Waals surface area contributed by atoms with Gasteiger partial charge in [0.1, 0.15) is 16.1 Å². The minimum atomic E-state index is -3.89. The highest BCUT2D eigenvalue weighted by molar-refractivity contribution is 7.92. The molecule has 0 saturated carbocycles. The highest BCUT2D eigenvalue weighted by atomic mass is 32.2. The molecule has 0 aliphatic heterocycles. The summed E-state index contributed by atoms with van der Waals surface area (Å²) in [6.45, 7) is 0. The zero-order valence-electron chi connectivity index (χ0n) is 12.7. The van der Waals surface area contributed by atoms with Crippen molar-refractivity contribution in [1.29, 1.82) is 0 Å². The molecule has 8 heteroatoms. The summed E-state index contributed by atoms with van der Waals surface area (Å²) in [6.07, 6.45) is 0. The molecule has 6 nitrogen and oxygen atoms in total. The monoisotopic (exact) mass is 372 g/mol. The molecule has 0 saturated heterocycles. The molecule has 0 amide bonds. The molecule has 0 fully saturated rings. The van der Waals surface area contributed by atoms with Gasteiger partial charge < -0.3 is 10.1 Å². The van der Waals surface area contributed by atoms with E-state index in [0.717, 1.165) is 0 Å². The average molecular weight is 372 g/mol. The zero-order chi connectivity index (χ0) is 17.6. The number of H-pyrrole nitrogens is 1. The van der Waals surface area contributed by atoms with Gasteiger partial charge in [-0.25, -0.2) is 8.42 Å². The summed E-state index contributed by atoms with van der Waals surface area (Å²) in [5.41, 5.74) is 0.237. The highest BCUT2D eigenvalue weighted by Gasteiger charge is 2.20. The van der Waals surface area contributed by atoms with E-state index in [2.05, 4.69) is 9.71 Å². The van der Waals surface area contributed by atoms with E-state index < -0.39 is 10.0 Å². The fourth-order valence-corrected chi connectivity index (χ4v) is 4.64. The zero-order valence-corrected chi connectivity index (χ0v) is 14.3. The van der Waals surface area contributed by atoms with Gasteiger partial charge in [-0.3, -0.25) is 9.52 Å². The van der Waals surface area contributed by atoms with Crippen molar-refractivity contribution in [1.82, 2.24) is 4.98 Å². The number of aromatic nitrogens is 1. The molecule has 0 aliphatic rings. The molecule has 126 valence electrons. The summed E-state index contributed by atoms with van der Waals surface area (Å²) < 4.78 is 28.2. The molecule has 0 bridgehead atoms. The number of anilines is 1. The highest BCUT2D eigenvalue weighted by Crippen LogP contribution is 2.37. The van der Waals surface area contributed by atoms with E-state index in [9.17, 15) is 18.3 Å². The molecule has 2 heterocycles. The molecule has 0 spiro atoms. The second kappa shape index (κ2) is 5.61. The standard InChI is InChI=1S/C17H12N2O4S2/c20-13-7-6-12-14(11-8-9-24-16(11)17(21)18-12)15(13)19-25(22,23)10-4-2-1-3-5-10/h1-9,19-20H,(H,18,21). The van der Waals surface area contributed by atoms with Crippen molar-refractivity contribution >= 4 is 48.0 Å². The van der Waals surface area contributed by atoms with Crippen LogP contribution in [0.15, 0.2) is 63.6 Å². The Bertz CT molecular complexity index is 1260. The summed E-state index contributed by atoms with van der Waals surface area (Å²) in [6, 6.07) is 12.5. The number of rotatable bonds is 3. The van der Waals surface area contributed by atoms with Crippen LogP contribution in [0.4, 0.5) is 5.69 Å². The first-order valence-electron chi connectivity index (χ1n) is 7.30. The summed E-state index contributed by atoms with van der Waals surface area (Å²) >= 11 is 1.26. The number of phenolic OH excluding ortho intramolecular Hbond substituents is 1. The van der Waals surface area contributed by atoms with E-state index in [4.69, 9.17) is 0 Å². The molecular formula is C17H12N2O4S2. The number of aromatic amines is 1. The van der Waals surface area contributed by atoms with Crippen molar-refractivity contribution in [2.24, 2.45) is 0 Å². The number of benzene rings is 2. The van der Waals surface area contributed by atoms with Gasteiger partial charge in [-0.05, 0) is 35.7 Å². The van der Waals surface area contributed by atoms with Crippen molar-refractivity contribution < 1.29 is 13.5 Å². The number of aromatic hydroxyl groups is 1. The summed E-state index contributed by atoms with van der Waals surface area (Å²) in [5, 5.41) is 13.1. The molecule has 2 aromatic carbocycles. The Labute approximate surface area is 146 Å². The Morgan fingerprint density at radius 1 is 1.04 bits per heavy atom. The van der Waals surface area contributed by atoms with E-state index in [1.165, 1.54) is 29.5 Å². The molecule has 3 N–H and O–H groups in total. The van der Waals surface area contributed by atoms with E-state index >= 15 is 0 Å². The topological polar surface area (TPSA) is 99.3 Å². The van der Waals surface area contributed by atoms with Crippen LogP contribution < -0.4 is 10.3 Å². The lowest BCUT2D eigenvalue weighted by atomic mass is 10.1. The van der Waals surface area contributed by atoms with Crippen molar-refractivity contribution in [3.05, 3.63) is 64.3 Å². The van der Waals surface area contributed by atoms with Crippen molar-refractivity contribution in [3.8, 4) is 5.75 Å². The largest absolute Gasteiger partial charge is 0.506 e. The summed E-state index contributed by atoms with van der Waals surface area (Å²) in [5.74, 6) is -0.216. The van der Waals surface area contributed by atoms with E-state index in [-0.39, 0.29) is 21.9 Å². The number of thiophene rings is 1. The van der Waals surface area contributed by atoms with Gasteiger partial charge in [-0.2, -0.15) is 0 Å². The SMILES string of the molecule is O=c1[nH]c2ccc(O)c(NS(=O)(=O)c3ccccc3)c2c2ccsc12. The summed E-state index contributed by atoms with van der Waals surface area (Å²) in [4.78, 5) is 14.9. The van der Waals surface area contributed by atoms with Gasteiger partial charge in [0.2, 0.25) is 0 Å². The van der Waals surface area contributed by atoms with Crippen LogP contribution in [0.25, 0.3) is 21.0 Å². The van der Waals surface area contributed by atoms with E-state index in [0.29, 0.717) is 21.0 Å². The molecule has 4 rings (SSSR count). The molecule has 0 atom stereocenters. The normalized spacial score (nSPS) is 11.8. The van der Waals surface area contributed by atoms with Crippen LogP contribution in [0.3, 0.4) is 0 Å². The first-order chi connectivity index (χ1) is 12.0. The van der Waals surface area contributed by atoms with Crippen LogP contribution in [-0.2, 0) is 10.0 Å². The third-order valence-corrected chi connectivity index (χ3v) is 6.14. The molecular weight excluding hydrogens is 360 g/mol. The van der Waals surface area contributed by atoms with Gasteiger partial charge in [0.15, 0.2) is 0 Å². The van der Waals surface area contributed by atoms with Crippen LogP contribution in [-0.4, -0.2) is 18.5 Å². The minimum Gasteiger partial charge on any atom is -0.506 e. The molecule has 2 aromatic heterocycles. The van der Waals surface area contributed by atoms with Crippen LogP contribution in [0, 0.1) is 0 Å². The second-order valence-corrected chi connectivity index (χ2v) is 8.02. The first kappa shape index (κ1) is 15.7. The first-order valence-corrected chi connectivity index (χ1v) is 9.67. The van der Waals surface area contributed by atoms with Gasteiger partial charge in [0.05, 0.1) is 10.4 Å². The molecule has 25 heavy (non-hydrogen) atoms. The lowest BCUT2D eigenvalue weighted by Gasteiger charge is -2.13. The maximum Gasteiger partial charge on any atom is 0.266 e. The summed E-state index contributed by atoms with van der Waals surface area (Å²) in [7, 11) is -3.89. The quantitative estimate of drug-likeness (QED) is 0.481. The molecule has 0 aliphatic carbocycles. The van der Waals surface area contributed by atoms with Crippen molar-refractivity contribution in [2.75, 3.05) is 4.72 Å². The van der Waals surface area contributed by atoms with Gasteiger partial charge >= 0.3 is 0 Å². The Balaban J connectivity index is 2.00. The van der Waals surface area contributed by atoms with Crippen molar-refractivity contribution in [2.45, 2.75) is 4.90 Å². The fraction of sp³-hybridized carbons (Fsp3) is 0. The number of fused-ring (bicyclic) bond motifs is 3. The lowest BCUT2D eigenvalue weighted by Crippen LogP contribution is -2.14. The van der Waals surface area contributed by atoms with E-state index in [1.807, 2.05) is 0 Å². The number of hydrogen-bond donors (Lipinski definition) is 3. The maximum atomic E-state index is 12.6. The van der Waals surface area contributed by atoms with Gasteiger partial charge in [0, 0.05) is 10.8 Å². The van der Waals surface area contributed by atoms with Gasteiger partial charge in [-0.15, -0.1) is 11.3 Å².